The summed E-state index contributed by atoms with van der Waals surface area (Å²) < 4.78 is 15.1. The van der Waals surface area contributed by atoms with Crippen molar-refractivity contribution in [3.8, 4) is 11.5 Å². The zero-order valence-corrected chi connectivity index (χ0v) is 16.1. The first-order valence-electron chi connectivity index (χ1n) is 7.58. The number of benzene rings is 1. The standard InChI is InChI=1S/C18H16ClNO6S/c1-24-13-9-11(8-12(19)17(13)25-2)5-6-16(22)26-10-15(21)20-18(23)14-4-3-7-27-14/h3-9H,10H2,1-2H3,(H,20,21,23)/b6-5+. The van der Waals surface area contributed by atoms with Gasteiger partial charge in [-0.25, -0.2) is 4.79 Å². The number of ether oxygens (including phenoxy) is 3. The number of imide groups is 1. The third kappa shape index (κ3) is 5.83. The van der Waals surface area contributed by atoms with Crippen LogP contribution in [-0.4, -0.2) is 38.6 Å². The Kier molecular flexibility index (Phi) is 7.39. The van der Waals surface area contributed by atoms with Crippen LogP contribution in [0.5, 0.6) is 11.5 Å². The molecular weight excluding hydrogens is 394 g/mol. The van der Waals surface area contributed by atoms with Gasteiger partial charge < -0.3 is 14.2 Å². The fourth-order valence-corrected chi connectivity index (χ4v) is 2.93. The van der Waals surface area contributed by atoms with Gasteiger partial charge in [-0.05, 0) is 35.2 Å². The predicted molar refractivity (Wildman–Crippen MR) is 101 cm³/mol. The molecule has 0 unspecified atom stereocenters. The maximum atomic E-state index is 11.7. The van der Waals surface area contributed by atoms with Crippen molar-refractivity contribution in [3.05, 3.63) is 51.2 Å². The van der Waals surface area contributed by atoms with Gasteiger partial charge in [-0.3, -0.25) is 14.9 Å². The largest absolute Gasteiger partial charge is 0.493 e. The topological polar surface area (TPSA) is 90.9 Å². The lowest BCUT2D eigenvalue weighted by molar-refractivity contribution is -0.143. The molecule has 1 heterocycles. The number of carbonyl (C=O) groups is 3. The number of nitrogens with one attached hydrogen (secondary N) is 1. The van der Waals surface area contributed by atoms with Crippen LogP contribution in [0.1, 0.15) is 15.2 Å². The maximum Gasteiger partial charge on any atom is 0.331 e. The van der Waals surface area contributed by atoms with Crippen LogP contribution in [-0.2, 0) is 14.3 Å². The number of amides is 2. The number of thiophene rings is 1. The van der Waals surface area contributed by atoms with Crippen molar-refractivity contribution >= 4 is 46.8 Å². The SMILES string of the molecule is COc1cc(/C=C/C(=O)OCC(=O)NC(=O)c2cccs2)cc(Cl)c1OC. The molecule has 0 aliphatic carbocycles. The van der Waals surface area contributed by atoms with E-state index in [1.165, 1.54) is 31.6 Å². The third-order valence-electron chi connectivity index (χ3n) is 3.21. The van der Waals surface area contributed by atoms with Crippen LogP contribution in [0, 0.1) is 0 Å². The zero-order chi connectivity index (χ0) is 19.8. The summed E-state index contributed by atoms with van der Waals surface area (Å²) in [6, 6.07) is 6.48. The van der Waals surface area contributed by atoms with Gasteiger partial charge in [0.05, 0.1) is 24.1 Å². The number of methoxy groups -OCH3 is 2. The molecular formula is C18H16ClNO6S. The van der Waals surface area contributed by atoms with Crippen LogP contribution in [0.4, 0.5) is 0 Å². The lowest BCUT2D eigenvalue weighted by Crippen LogP contribution is -2.33. The second-order valence-electron chi connectivity index (χ2n) is 5.03. The van der Waals surface area contributed by atoms with Crippen LogP contribution < -0.4 is 14.8 Å². The minimum absolute atomic E-state index is 0.316. The van der Waals surface area contributed by atoms with Gasteiger partial charge in [0.25, 0.3) is 11.8 Å². The lowest BCUT2D eigenvalue weighted by Gasteiger charge is -2.10. The minimum Gasteiger partial charge on any atom is -0.493 e. The van der Waals surface area contributed by atoms with Gasteiger partial charge in [0.15, 0.2) is 18.1 Å². The van der Waals surface area contributed by atoms with E-state index in [0.717, 1.165) is 6.08 Å². The molecule has 142 valence electrons. The van der Waals surface area contributed by atoms with Crippen molar-refractivity contribution in [2.75, 3.05) is 20.8 Å². The highest BCUT2D eigenvalue weighted by Crippen LogP contribution is 2.36. The van der Waals surface area contributed by atoms with E-state index in [1.807, 2.05) is 0 Å². The van der Waals surface area contributed by atoms with E-state index in [9.17, 15) is 14.4 Å². The number of hydrogen-bond acceptors (Lipinski definition) is 7. The Labute approximate surface area is 164 Å². The molecule has 0 spiro atoms. The number of hydrogen-bond donors (Lipinski definition) is 1. The van der Waals surface area contributed by atoms with Gasteiger partial charge in [-0.15, -0.1) is 11.3 Å². The Morgan fingerprint density at radius 2 is 2.00 bits per heavy atom. The lowest BCUT2D eigenvalue weighted by atomic mass is 10.2. The van der Waals surface area contributed by atoms with Crippen LogP contribution in [0.25, 0.3) is 6.08 Å². The van der Waals surface area contributed by atoms with E-state index in [1.54, 1.807) is 29.6 Å². The smallest absolute Gasteiger partial charge is 0.331 e. The molecule has 27 heavy (non-hydrogen) atoms. The Hall–Kier alpha value is -2.84. The van der Waals surface area contributed by atoms with Gasteiger partial charge in [-0.2, -0.15) is 0 Å². The molecule has 0 radical (unpaired) electrons. The summed E-state index contributed by atoms with van der Waals surface area (Å²) in [4.78, 5) is 35.5. The summed E-state index contributed by atoms with van der Waals surface area (Å²) in [5, 5.41) is 4.16. The highest BCUT2D eigenvalue weighted by atomic mass is 35.5. The molecule has 1 N–H and O–H groups in total. The van der Waals surface area contributed by atoms with Crippen LogP contribution in [0.2, 0.25) is 5.02 Å². The van der Waals surface area contributed by atoms with Crippen molar-refractivity contribution in [2.24, 2.45) is 0 Å². The fraction of sp³-hybridized carbons (Fsp3) is 0.167. The van der Waals surface area contributed by atoms with Crippen molar-refractivity contribution < 1.29 is 28.6 Å². The van der Waals surface area contributed by atoms with E-state index in [0.29, 0.717) is 27.0 Å². The first kappa shape index (κ1) is 20.5. The summed E-state index contributed by atoms with van der Waals surface area (Å²) >= 11 is 7.28. The molecule has 0 fully saturated rings. The van der Waals surface area contributed by atoms with E-state index < -0.39 is 24.4 Å². The maximum absolute atomic E-state index is 11.7. The first-order chi connectivity index (χ1) is 12.9. The van der Waals surface area contributed by atoms with Crippen molar-refractivity contribution in [1.82, 2.24) is 5.32 Å². The summed E-state index contributed by atoms with van der Waals surface area (Å²) in [6.45, 7) is -0.576. The van der Waals surface area contributed by atoms with Gasteiger partial charge in [-0.1, -0.05) is 17.7 Å². The second kappa shape index (κ2) is 9.75. The molecule has 0 saturated heterocycles. The van der Waals surface area contributed by atoms with Crippen molar-refractivity contribution in [3.63, 3.8) is 0 Å². The van der Waals surface area contributed by atoms with E-state index >= 15 is 0 Å². The minimum atomic E-state index is -0.750. The normalized spacial score (nSPS) is 10.5. The van der Waals surface area contributed by atoms with Gasteiger partial charge in [0.1, 0.15) is 0 Å². The van der Waals surface area contributed by atoms with Gasteiger partial charge in [0, 0.05) is 6.08 Å². The Bertz CT molecular complexity index is 863. The quantitative estimate of drug-likeness (QED) is 0.558. The molecule has 0 aliphatic rings. The van der Waals surface area contributed by atoms with E-state index in [-0.39, 0.29) is 0 Å². The molecule has 7 nitrogen and oxygen atoms in total. The number of carbonyl (C=O) groups excluding carboxylic acids is 3. The van der Waals surface area contributed by atoms with Gasteiger partial charge in [0.2, 0.25) is 0 Å². The molecule has 2 amide bonds. The molecule has 2 aromatic rings. The first-order valence-corrected chi connectivity index (χ1v) is 8.84. The number of esters is 1. The molecule has 0 bridgehead atoms. The average Bonchev–Trinajstić information content (AvgIpc) is 3.19. The van der Waals surface area contributed by atoms with Crippen molar-refractivity contribution in [1.29, 1.82) is 0 Å². The van der Waals surface area contributed by atoms with Crippen LogP contribution in [0.3, 0.4) is 0 Å². The number of rotatable bonds is 7. The summed E-state index contributed by atoms with van der Waals surface area (Å²) in [6.07, 6.45) is 2.58. The molecule has 0 atom stereocenters. The molecule has 0 aliphatic heterocycles. The summed E-state index contributed by atoms with van der Waals surface area (Å²) in [7, 11) is 2.93. The second-order valence-corrected chi connectivity index (χ2v) is 6.39. The monoisotopic (exact) mass is 409 g/mol. The summed E-state index contributed by atoms with van der Waals surface area (Å²) in [5.74, 6) is -1.22. The molecule has 1 aromatic carbocycles. The zero-order valence-electron chi connectivity index (χ0n) is 14.5. The molecule has 0 saturated carbocycles. The van der Waals surface area contributed by atoms with Crippen LogP contribution >= 0.6 is 22.9 Å². The Morgan fingerprint density at radius 3 is 2.63 bits per heavy atom. The average molecular weight is 410 g/mol. The summed E-state index contributed by atoms with van der Waals surface area (Å²) in [5.41, 5.74) is 0.576. The van der Waals surface area contributed by atoms with Gasteiger partial charge >= 0.3 is 5.97 Å². The number of halogens is 1. The third-order valence-corrected chi connectivity index (χ3v) is 4.36. The van der Waals surface area contributed by atoms with E-state index in [4.69, 9.17) is 25.8 Å². The molecule has 9 heteroatoms. The predicted octanol–water partition coefficient (Wildman–Crippen LogP) is 2.93. The Morgan fingerprint density at radius 1 is 1.22 bits per heavy atom. The van der Waals surface area contributed by atoms with Crippen molar-refractivity contribution in [2.45, 2.75) is 0 Å². The van der Waals surface area contributed by atoms with E-state index in [2.05, 4.69) is 5.32 Å². The highest BCUT2D eigenvalue weighted by molar-refractivity contribution is 7.12. The van der Waals surface area contributed by atoms with Crippen LogP contribution in [0.15, 0.2) is 35.7 Å². The molecule has 1 aromatic heterocycles. The fourth-order valence-electron chi connectivity index (χ4n) is 2.02. The molecule has 2 rings (SSSR count). The Balaban J connectivity index is 1.89. The highest BCUT2D eigenvalue weighted by Gasteiger charge is 2.13.